The molecule has 1 nitrogen and oxygen atoms in total. The van der Waals surface area contributed by atoms with E-state index in [2.05, 4.69) is 24.1 Å². The summed E-state index contributed by atoms with van der Waals surface area (Å²) in [5.41, 5.74) is 4.21. The predicted molar refractivity (Wildman–Crippen MR) is 48.0 cm³/mol. The molecule has 0 radical (unpaired) electrons. The van der Waals surface area contributed by atoms with Gasteiger partial charge in [-0.15, -0.1) is 0 Å². The molecule has 2 aliphatic rings. The molecule has 0 unspecified atom stereocenters. The van der Waals surface area contributed by atoms with Crippen molar-refractivity contribution in [1.82, 2.24) is 0 Å². The van der Waals surface area contributed by atoms with Crippen molar-refractivity contribution >= 4 is 5.71 Å². The first kappa shape index (κ1) is 6.84. The first-order valence-electron chi connectivity index (χ1n) is 4.26. The van der Waals surface area contributed by atoms with Crippen molar-refractivity contribution in [1.29, 1.82) is 0 Å². The van der Waals surface area contributed by atoms with E-state index in [1.165, 1.54) is 36.1 Å². The highest BCUT2D eigenvalue weighted by Gasteiger charge is 2.15. The molecule has 0 N–H and O–H groups in total. The average molecular weight is 147 g/mol. The Morgan fingerprint density at radius 3 is 3.09 bits per heavy atom. The zero-order chi connectivity index (χ0) is 7.68. The van der Waals surface area contributed by atoms with Gasteiger partial charge in [0.1, 0.15) is 0 Å². The summed E-state index contributed by atoms with van der Waals surface area (Å²) in [6.07, 6.45) is 8.19. The molecule has 1 saturated carbocycles. The van der Waals surface area contributed by atoms with E-state index in [4.69, 9.17) is 0 Å². The van der Waals surface area contributed by atoms with Gasteiger partial charge in [0.25, 0.3) is 0 Å². The van der Waals surface area contributed by atoms with Crippen molar-refractivity contribution in [2.75, 3.05) is 6.54 Å². The van der Waals surface area contributed by atoms with Crippen molar-refractivity contribution in [3.8, 4) is 0 Å². The van der Waals surface area contributed by atoms with E-state index >= 15 is 0 Å². The van der Waals surface area contributed by atoms with E-state index < -0.39 is 0 Å². The SMILES string of the molecule is CC1=CC=C2CCCC2=NC1. The Bertz CT molecular complexity index is 256. The zero-order valence-electron chi connectivity index (χ0n) is 6.93. The number of fused-ring (bicyclic) bond motifs is 1. The quantitative estimate of drug-likeness (QED) is 0.499. The molecule has 0 amide bonds. The molecule has 2 rings (SSSR count). The third-order valence-electron chi connectivity index (χ3n) is 2.32. The summed E-state index contributed by atoms with van der Waals surface area (Å²) in [4.78, 5) is 4.55. The number of allylic oxidation sites excluding steroid dienone is 3. The zero-order valence-corrected chi connectivity index (χ0v) is 6.93. The van der Waals surface area contributed by atoms with Crippen LogP contribution >= 0.6 is 0 Å². The molecule has 0 bridgehead atoms. The fourth-order valence-corrected chi connectivity index (χ4v) is 1.63. The number of hydrogen-bond acceptors (Lipinski definition) is 1. The first-order chi connectivity index (χ1) is 5.36. The number of nitrogens with zero attached hydrogens (tertiary/aromatic N) is 1. The van der Waals surface area contributed by atoms with Crippen LogP contribution < -0.4 is 0 Å². The standard InChI is InChI=1S/C10H13N/c1-8-5-6-9-3-2-4-10(9)11-7-8/h5-6H,2-4,7H2,1H3. The molecule has 0 aromatic rings. The second-order valence-corrected chi connectivity index (χ2v) is 3.32. The van der Waals surface area contributed by atoms with Crippen LogP contribution in [-0.4, -0.2) is 12.3 Å². The molecule has 0 spiro atoms. The highest BCUT2D eigenvalue weighted by Crippen LogP contribution is 2.23. The van der Waals surface area contributed by atoms with Crippen molar-refractivity contribution < 1.29 is 0 Å². The van der Waals surface area contributed by atoms with Gasteiger partial charge in [-0.05, 0) is 31.8 Å². The third-order valence-corrected chi connectivity index (χ3v) is 2.32. The summed E-state index contributed by atoms with van der Waals surface area (Å²) in [6, 6.07) is 0. The summed E-state index contributed by atoms with van der Waals surface area (Å²) in [5, 5.41) is 0. The minimum atomic E-state index is 0.912. The molecular weight excluding hydrogens is 134 g/mol. The highest BCUT2D eigenvalue weighted by molar-refractivity contribution is 6.02. The lowest BCUT2D eigenvalue weighted by Gasteiger charge is -1.94. The Morgan fingerprint density at radius 1 is 1.27 bits per heavy atom. The molecule has 1 aliphatic carbocycles. The van der Waals surface area contributed by atoms with Gasteiger partial charge in [-0.3, -0.25) is 4.99 Å². The molecule has 1 fully saturated rings. The maximum Gasteiger partial charge on any atom is 0.0603 e. The van der Waals surface area contributed by atoms with Crippen molar-refractivity contribution in [3.63, 3.8) is 0 Å². The highest BCUT2D eigenvalue weighted by atomic mass is 14.7. The van der Waals surface area contributed by atoms with Gasteiger partial charge in [-0.25, -0.2) is 0 Å². The molecule has 0 aromatic carbocycles. The van der Waals surface area contributed by atoms with Gasteiger partial charge in [0, 0.05) is 5.71 Å². The van der Waals surface area contributed by atoms with E-state index in [1.54, 1.807) is 0 Å². The molecule has 11 heavy (non-hydrogen) atoms. The normalized spacial score (nSPS) is 23.2. The summed E-state index contributed by atoms with van der Waals surface area (Å²) < 4.78 is 0. The van der Waals surface area contributed by atoms with Gasteiger partial charge in [0.05, 0.1) is 6.54 Å². The Kier molecular flexibility index (Phi) is 1.65. The van der Waals surface area contributed by atoms with Gasteiger partial charge >= 0.3 is 0 Å². The van der Waals surface area contributed by atoms with Crippen LogP contribution in [0.5, 0.6) is 0 Å². The maximum atomic E-state index is 4.55. The van der Waals surface area contributed by atoms with Crippen LogP contribution in [0.1, 0.15) is 26.2 Å². The number of rotatable bonds is 0. The molecule has 1 heterocycles. The lowest BCUT2D eigenvalue weighted by Crippen LogP contribution is -1.93. The van der Waals surface area contributed by atoms with Gasteiger partial charge in [0.15, 0.2) is 0 Å². The summed E-state index contributed by atoms with van der Waals surface area (Å²) in [7, 11) is 0. The lowest BCUT2D eigenvalue weighted by molar-refractivity contribution is 0.943. The Morgan fingerprint density at radius 2 is 2.18 bits per heavy atom. The van der Waals surface area contributed by atoms with Crippen molar-refractivity contribution in [2.24, 2.45) is 4.99 Å². The second kappa shape index (κ2) is 2.65. The largest absolute Gasteiger partial charge is 0.285 e. The molecule has 0 saturated heterocycles. The maximum absolute atomic E-state index is 4.55. The van der Waals surface area contributed by atoms with E-state index in [1.807, 2.05) is 0 Å². The van der Waals surface area contributed by atoms with Crippen LogP contribution in [-0.2, 0) is 0 Å². The van der Waals surface area contributed by atoms with E-state index in [9.17, 15) is 0 Å². The lowest BCUT2D eigenvalue weighted by atomic mass is 10.2. The van der Waals surface area contributed by atoms with Crippen LogP contribution in [0.25, 0.3) is 0 Å². The molecule has 1 aliphatic heterocycles. The van der Waals surface area contributed by atoms with Crippen LogP contribution in [0.3, 0.4) is 0 Å². The van der Waals surface area contributed by atoms with Gasteiger partial charge < -0.3 is 0 Å². The topological polar surface area (TPSA) is 12.4 Å². The van der Waals surface area contributed by atoms with E-state index in [0.717, 1.165) is 6.54 Å². The minimum Gasteiger partial charge on any atom is -0.285 e. The fourth-order valence-electron chi connectivity index (χ4n) is 1.63. The average Bonchev–Trinajstić information content (AvgIpc) is 2.38. The van der Waals surface area contributed by atoms with Crippen LogP contribution in [0.15, 0.2) is 28.3 Å². The summed E-state index contributed by atoms with van der Waals surface area (Å²) in [5.74, 6) is 0. The van der Waals surface area contributed by atoms with Gasteiger partial charge in [0.2, 0.25) is 0 Å². The Hall–Kier alpha value is -0.850. The van der Waals surface area contributed by atoms with Gasteiger partial charge in [-0.2, -0.15) is 0 Å². The number of aliphatic imine (C=N–C) groups is 1. The summed E-state index contributed by atoms with van der Waals surface area (Å²) in [6.45, 7) is 3.05. The van der Waals surface area contributed by atoms with Crippen molar-refractivity contribution in [3.05, 3.63) is 23.3 Å². The first-order valence-corrected chi connectivity index (χ1v) is 4.26. The fraction of sp³-hybridized carbons (Fsp3) is 0.500. The second-order valence-electron chi connectivity index (χ2n) is 3.32. The summed E-state index contributed by atoms with van der Waals surface area (Å²) >= 11 is 0. The Labute approximate surface area is 67.5 Å². The van der Waals surface area contributed by atoms with Crippen LogP contribution in [0.4, 0.5) is 0 Å². The molecule has 1 heteroatoms. The van der Waals surface area contributed by atoms with Crippen LogP contribution in [0, 0.1) is 0 Å². The molecule has 0 aromatic heterocycles. The molecule has 0 atom stereocenters. The smallest absolute Gasteiger partial charge is 0.0603 e. The monoisotopic (exact) mass is 147 g/mol. The third kappa shape index (κ3) is 1.28. The van der Waals surface area contributed by atoms with E-state index in [0.29, 0.717) is 0 Å². The van der Waals surface area contributed by atoms with E-state index in [-0.39, 0.29) is 0 Å². The molecular formula is C10H13N. The van der Waals surface area contributed by atoms with Crippen LogP contribution in [0.2, 0.25) is 0 Å². The van der Waals surface area contributed by atoms with Gasteiger partial charge in [-0.1, -0.05) is 17.7 Å². The number of hydrogen-bond donors (Lipinski definition) is 0. The minimum absolute atomic E-state index is 0.912. The van der Waals surface area contributed by atoms with Crippen molar-refractivity contribution in [2.45, 2.75) is 26.2 Å². The predicted octanol–water partition coefficient (Wildman–Crippen LogP) is 2.50. The Balaban J connectivity index is 2.33. The molecule has 58 valence electrons.